The van der Waals surface area contributed by atoms with Crippen LogP contribution in [0.3, 0.4) is 0 Å². The predicted molar refractivity (Wildman–Crippen MR) is 53.5 cm³/mol. The van der Waals surface area contributed by atoms with Crippen LogP contribution in [0.1, 0.15) is 19.2 Å². The van der Waals surface area contributed by atoms with E-state index in [1.807, 2.05) is 0 Å². The van der Waals surface area contributed by atoms with Gasteiger partial charge in [0.15, 0.2) is 0 Å². The molecule has 1 aromatic heterocycles. The van der Waals surface area contributed by atoms with Crippen molar-refractivity contribution in [3.63, 3.8) is 0 Å². The van der Waals surface area contributed by atoms with E-state index in [2.05, 4.69) is 21.9 Å². The van der Waals surface area contributed by atoms with Gasteiger partial charge in [0, 0.05) is 13.0 Å². The zero-order valence-corrected chi connectivity index (χ0v) is 8.23. The van der Waals surface area contributed by atoms with Crippen molar-refractivity contribution in [3.8, 4) is 0 Å². The summed E-state index contributed by atoms with van der Waals surface area (Å²) in [6.07, 6.45) is 1.61. The van der Waals surface area contributed by atoms with Crippen LogP contribution in [-0.2, 0) is 11.2 Å². The van der Waals surface area contributed by atoms with Crippen molar-refractivity contribution in [2.24, 2.45) is 0 Å². The fourth-order valence-corrected chi connectivity index (χ4v) is 0.978. The Kier molecular flexibility index (Phi) is 4.06. The lowest BCUT2D eigenvalue weighted by Crippen LogP contribution is -2.09. The molecule has 0 aromatic carbocycles. The molecule has 0 radical (unpaired) electrons. The van der Waals surface area contributed by atoms with Crippen LogP contribution in [0.15, 0.2) is 0 Å². The normalized spacial score (nSPS) is 10.4. The number of hydrogen-bond acceptors (Lipinski definition) is 6. The van der Waals surface area contributed by atoms with Crippen LogP contribution in [0, 0.1) is 0 Å². The summed E-state index contributed by atoms with van der Waals surface area (Å²) in [5, 5.41) is 0. The first-order chi connectivity index (χ1) is 6.72. The van der Waals surface area contributed by atoms with Crippen LogP contribution in [0.4, 0.5) is 11.9 Å². The van der Waals surface area contributed by atoms with Crippen LogP contribution < -0.4 is 11.5 Å². The van der Waals surface area contributed by atoms with Crippen molar-refractivity contribution in [2.45, 2.75) is 19.8 Å². The van der Waals surface area contributed by atoms with Crippen molar-refractivity contribution in [2.75, 3.05) is 24.7 Å². The van der Waals surface area contributed by atoms with Crippen molar-refractivity contribution < 1.29 is 4.74 Å². The minimum Gasteiger partial charge on any atom is -0.381 e. The highest BCUT2D eigenvalue weighted by molar-refractivity contribution is 5.25. The molecule has 0 unspecified atom stereocenters. The molecule has 0 aliphatic carbocycles. The molecular formula is C8H15N5O. The number of aromatic nitrogens is 3. The smallest absolute Gasteiger partial charge is 0.225 e. The van der Waals surface area contributed by atoms with Gasteiger partial charge in [-0.2, -0.15) is 15.0 Å². The lowest BCUT2D eigenvalue weighted by Gasteiger charge is -2.02. The van der Waals surface area contributed by atoms with Crippen LogP contribution in [0.5, 0.6) is 0 Å². The van der Waals surface area contributed by atoms with E-state index >= 15 is 0 Å². The monoisotopic (exact) mass is 197 g/mol. The fraction of sp³-hybridized carbons (Fsp3) is 0.625. The highest BCUT2D eigenvalue weighted by atomic mass is 16.5. The zero-order valence-electron chi connectivity index (χ0n) is 8.23. The van der Waals surface area contributed by atoms with Crippen molar-refractivity contribution in [3.05, 3.63) is 5.82 Å². The van der Waals surface area contributed by atoms with Crippen LogP contribution >= 0.6 is 0 Å². The van der Waals surface area contributed by atoms with E-state index in [1.165, 1.54) is 0 Å². The number of nitrogens with zero attached hydrogens (tertiary/aromatic N) is 3. The molecule has 0 fully saturated rings. The Morgan fingerprint density at radius 3 is 2.29 bits per heavy atom. The van der Waals surface area contributed by atoms with Crippen molar-refractivity contribution >= 4 is 11.9 Å². The summed E-state index contributed by atoms with van der Waals surface area (Å²) in [6.45, 7) is 3.38. The number of ether oxygens (including phenoxy) is 1. The Hall–Kier alpha value is -1.43. The average Bonchev–Trinajstić information content (AvgIpc) is 2.11. The molecule has 0 aliphatic heterocycles. The van der Waals surface area contributed by atoms with Gasteiger partial charge in [0.25, 0.3) is 0 Å². The van der Waals surface area contributed by atoms with Gasteiger partial charge in [-0.05, 0) is 6.42 Å². The Morgan fingerprint density at radius 2 is 1.71 bits per heavy atom. The number of nitrogen functional groups attached to an aromatic ring is 2. The molecule has 78 valence electrons. The highest BCUT2D eigenvalue weighted by Crippen LogP contribution is 1.99. The topological polar surface area (TPSA) is 99.9 Å². The van der Waals surface area contributed by atoms with E-state index in [1.54, 1.807) is 0 Å². The van der Waals surface area contributed by atoms with E-state index in [9.17, 15) is 0 Å². The molecule has 1 aromatic rings. The first kappa shape index (κ1) is 10.6. The van der Waals surface area contributed by atoms with Gasteiger partial charge < -0.3 is 16.2 Å². The lowest BCUT2D eigenvalue weighted by atomic mass is 10.4. The van der Waals surface area contributed by atoms with Gasteiger partial charge in [-0.1, -0.05) is 6.92 Å². The minimum absolute atomic E-state index is 0.156. The van der Waals surface area contributed by atoms with Crippen LogP contribution in [-0.4, -0.2) is 28.2 Å². The number of hydrogen-bond donors (Lipinski definition) is 2. The van der Waals surface area contributed by atoms with Gasteiger partial charge in [-0.25, -0.2) is 0 Å². The summed E-state index contributed by atoms with van der Waals surface area (Å²) in [6, 6.07) is 0. The summed E-state index contributed by atoms with van der Waals surface area (Å²) in [5.41, 5.74) is 10.8. The Labute approximate surface area is 82.7 Å². The minimum atomic E-state index is 0.156. The molecule has 14 heavy (non-hydrogen) atoms. The quantitative estimate of drug-likeness (QED) is 0.645. The molecule has 1 heterocycles. The molecule has 0 saturated heterocycles. The molecular weight excluding hydrogens is 182 g/mol. The molecule has 0 aliphatic rings. The average molecular weight is 197 g/mol. The van der Waals surface area contributed by atoms with Gasteiger partial charge in [-0.15, -0.1) is 0 Å². The maximum Gasteiger partial charge on any atom is 0.225 e. The third kappa shape index (κ3) is 3.53. The number of nitrogens with two attached hydrogens (primary N) is 2. The van der Waals surface area contributed by atoms with Gasteiger partial charge in [0.05, 0.1) is 6.61 Å². The van der Waals surface area contributed by atoms with Crippen molar-refractivity contribution in [1.82, 2.24) is 15.0 Å². The van der Waals surface area contributed by atoms with E-state index in [0.717, 1.165) is 13.0 Å². The van der Waals surface area contributed by atoms with E-state index in [-0.39, 0.29) is 11.9 Å². The first-order valence-electron chi connectivity index (χ1n) is 4.56. The molecule has 4 N–H and O–H groups in total. The Balaban J connectivity index is 2.42. The SMILES string of the molecule is CCCOCCc1nc(N)nc(N)n1. The van der Waals surface area contributed by atoms with Gasteiger partial charge in [0.2, 0.25) is 11.9 Å². The number of anilines is 2. The molecule has 0 bridgehead atoms. The first-order valence-corrected chi connectivity index (χ1v) is 4.56. The summed E-state index contributed by atoms with van der Waals surface area (Å²) < 4.78 is 5.28. The second kappa shape index (κ2) is 5.33. The van der Waals surface area contributed by atoms with E-state index in [0.29, 0.717) is 18.9 Å². The second-order valence-corrected chi connectivity index (χ2v) is 2.83. The van der Waals surface area contributed by atoms with Gasteiger partial charge >= 0.3 is 0 Å². The summed E-state index contributed by atoms with van der Waals surface area (Å²) in [5.74, 6) is 0.886. The third-order valence-corrected chi connectivity index (χ3v) is 1.53. The Morgan fingerprint density at radius 1 is 1.07 bits per heavy atom. The maximum absolute atomic E-state index is 5.41. The largest absolute Gasteiger partial charge is 0.381 e. The third-order valence-electron chi connectivity index (χ3n) is 1.53. The summed E-state index contributed by atoms with van der Waals surface area (Å²) >= 11 is 0. The van der Waals surface area contributed by atoms with Crippen LogP contribution in [0.25, 0.3) is 0 Å². The second-order valence-electron chi connectivity index (χ2n) is 2.83. The van der Waals surface area contributed by atoms with Gasteiger partial charge in [-0.3, -0.25) is 0 Å². The van der Waals surface area contributed by atoms with Gasteiger partial charge in [0.1, 0.15) is 5.82 Å². The predicted octanol–water partition coefficient (Wildman–Crippen LogP) is 0.00510. The molecule has 0 atom stereocenters. The maximum atomic E-state index is 5.41. The Bertz CT molecular complexity index is 271. The molecule has 6 heteroatoms. The molecule has 0 saturated carbocycles. The van der Waals surface area contributed by atoms with Crippen LogP contribution in [0.2, 0.25) is 0 Å². The lowest BCUT2D eigenvalue weighted by molar-refractivity contribution is 0.136. The molecule has 0 amide bonds. The molecule has 1 rings (SSSR count). The molecule has 0 spiro atoms. The van der Waals surface area contributed by atoms with E-state index < -0.39 is 0 Å². The zero-order chi connectivity index (χ0) is 10.4. The standard InChI is InChI=1S/C8H15N5O/c1-2-4-14-5-3-6-11-7(9)13-8(10)12-6/h2-5H2,1H3,(H4,9,10,11,12,13). The molecule has 6 nitrogen and oxygen atoms in total. The highest BCUT2D eigenvalue weighted by Gasteiger charge is 2.01. The fourth-order valence-electron chi connectivity index (χ4n) is 0.978. The summed E-state index contributed by atoms with van der Waals surface area (Å²) in [7, 11) is 0. The number of rotatable bonds is 5. The summed E-state index contributed by atoms with van der Waals surface area (Å²) in [4.78, 5) is 11.5. The van der Waals surface area contributed by atoms with E-state index in [4.69, 9.17) is 16.2 Å². The van der Waals surface area contributed by atoms with Crippen molar-refractivity contribution in [1.29, 1.82) is 0 Å².